The van der Waals surface area contributed by atoms with Crippen molar-refractivity contribution in [2.45, 2.75) is 175 Å². The SMILES string of the molecule is CCCCCCCCCCCCCCCCCN1C=CN(CCCCC)C1CCCCCC. The summed E-state index contributed by atoms with van der Waals surface area (Å²) in [4.78, 5) is 5.31. The van der Waals surface area contributed by atoms with Crippen LogP contribution in [0.25, 0.3) is 0 Å². The highest BCUT2D eigenvalue weighted by Gasteiger charge is 2.24. The van der Waals surface area contributed by atoms with Gasteiger partial charge in [-0.05, 0) is 25.7 Å². The summed E-state index contributed by atoms with van der Waals surface area (Å²) in [6.45, 7) is 9.44. The summed E-state index contributed by atoms with van der Waals surface area (Å²) >= 11 is 0. The largest absolute Gasteiger partial charge is 0.356 e. The maximum Gasteiger partial charge on any atom is 0.101 e. The van der Waals surface area contributed by atoms with Gasteiger partial charge in [-0.2, -0.15) is 0 Å². The van der Waals surface area contributed by atoms with Crippen molar-refractivity contribution in [3.63, 3.8) is 0 Å². The van der Waals surface area contributed by atoms with Crippen molar-refractivity contribution in [2.24, 2.45) is 0 Å². The lowest BCUT2D eigenvalue weighted by molar-refractivity contribution is 0.135. The number of unbranched alkanes of at least 4 members (excludes halogenated alkanes) is 19. The number of hydrogen-bond donors (Lipinski definition) is 0. The lowest BCUT2D eigenvalue weighted by atomic mass is 10.0. The molecule has 1 heterocycles. The number of rotatable bonds is 25. The molecule has 0 amide bonds. The summed E-state index contributed by atoms with van der Waals surface area (Å²) in [6, 6.07) is 0. The van der Waals surface area contributed by atoms with E-state index in [2.05, 4.69) is 43.0 Å². The monoisotopic (exact) mass is 462 g/mol. The summed E-state index contributed by atoms with van der Waals surface area (Å²) in [5.41, 5.74) is 0. The second kappa shape index (κ2) is 23.1. The van der Waals surface area contributed by atoms with Crippen molar-refractivity contribution in [2.75, 3.05) is 13.1 Å². The second-order valence-corrected chi connectivity index (χ2v) is 10.8. The highest BCUT2D eigenvalue weighted by molar-refractivity contribution is 4.96. The lowest BCUT2D eigenvalue weighted by Crippen LogP contribution is -2.39. The standard InChI is InChI=1S/C31H62N2/c1-4-7-10-12-13-14-15-16-17-18-19-20-21-22-25-28-33-30-29-32(27-24-9-6-3)31(33)26-23-11-8-5-2/h29-31H,4-28H2,1-3H3. The third-order valence-corrected chi connectivity index (χ3v) is 7.57. The van der Waals surface area contributed by atoms with Crippen molar-refractivity contribution in [1.82, 2.24) is 9.80 Å². The molecule has 0 aromatic rings. The van der Waals surface area contributed by atoms with E-state index in [0.717, 1.165) is 0 Å². The zero-order chi connectivity index (χ0) is 23.8. The molecule has 0 saturated heterocycles. The fraction of sp³-hybridized carbons (Fsp3) is 0.935. The molecule has 2 heteroatoms. The number of hydrogen-bond acceptors (Lipinski definition) is 2. The van der Waals surface area contributed by atoms with Gasteiger partial charge in [0.05, 0.1) is 0 Å². The lowest BCUT2D eigenvalue weighted by Gasteiger charge is -2.33. The van der Waals surface area contributed by atoms with E-state index >= 15 is 0 Å². The van der Waals surface area contributed by atoms with Crippen LogP contribution in [0.1, 0.15) is 168 Å². The molecule has 196 valence electrons. The Morgan fingerprint density at radius 2 is 0.697 bits per heavy atom. The molecular formula is C31H62N2. The van der Waals surface area contributed by atoms with Crippen molar-refractivity contribution in [3.05, 3.63) is 12.4 Å². The Balaban J connectivity index is 2.03. The summed E-state index contributed by atoms with van der Waals surface area (Å²) in [5.74, 6) is 0. The molecule has 0 radical (unpaired) electrons. The predicted molar refractivity (Wildman–Crippen MR) is 150 cm³/mol. The molecule has 0 aromatic heterocycles. The minimum atomic E-state index is 0.644. The maximum atomic E-state index is 2.67. The van der Waals surface area contributed by atoms with E-state index in [9.17, 15) is 0 Å². The van der Waals surface area contributed by atoms with Crippen molar-refractivity contribution < 1.29 is 0 Å². The molecule has 1 rings (SSSR count). The van der Waals surface area contributed by atoms with Crippen LogP contribution in [0.2, 0.25) is 0 Å². The van der Waals surface area contributed by atoms with Crippen LogP contribution in [-0.4, -0.2) is 29.1 Å². The minimum absolute atomic E-state index is 0.644. The molecular weight excluding hydrogens is 400 g/mol. The zero-order valence-corrected chi connectivity index (χ0v) is 23.3. The summed E-state index contributed by atoms with van der Waals surface area (Å²) in [6.07, 6.45) is 38.1. The molecule has 0 bridgehead atoms. The Bertz CT molecular complexity index is 419. The van der Waals surface area contributed by atoms with Crippen LogP contribution in [-0.2, 0) is 0 Å². The first-order chi connectivity index (χ1) is 16.3. The van der Waals surface area contributed by atoms with E-state index in [0.29, 0.717) is 6.17 Å². The minimum Gasteiger partial charge on any atom is -0.356 e. The first-order valence-corrected chi connectivity index (χ1v) is 15.5. The second-order valence-electron chi connectivity index (χ2n) is 10.8. The Morgan fingerprint density at radius 3 is 1.12 bits per heavy atom. The van der Waals surface area contributed by atoms with Gasteiger partial charge in [0.15, 0.2) is 0 Å². The maximum absolute atomic E-state index is 2.67. The molecule has 1 aliphatic heterocycles. The molecule has 0 spiro atoms. The molecule has 0 saturated carbocycles. The highest BCUT2D eigenvalue weighted by atomic mass is 15.4. The van der Waals surface area contributed by atoms with E-state index in [4.69, 9.17) is 0 Å². The Kier molecular flexibility index (Phi) is 21.3. The normalized spacial score (nSPS) is 15.8. The van der Waals surface area contributed by atoms with Gasteiger partial charge in [0.2, 0.25) is 0 Å². The molecule has 1 unspecified atom stereocenters. The highest BCUT2D eigenvalue weighted by Crippen LogP contribution is 2.23. The van der Waals surface area contributed by atoms with Crippen LogP contribution < -0.4 is 0 Å². The number of nitrogens with zero attached hydrogens (tertiary/aromatic N) is 2. The Hall–Kier alpha value is -0.660. The molecule has 0 aromatic carbocycles. The van der Waals surface area contributed by atoms with Gasteiger partial charge in [-0.1, -0.05) is 143 Å². The molecule has 2 nitrogen and oxygen atoms in total. The molecule has 33 heavy (non-hydrogen) atoms. The van der Waals surface area contributed by atoms with Gasteiger partial charge in [0.1, 0.15) is 6.17 Å². The van der Waals surface area contributed by atoms with E-state index in [1.165, 1.54) is 161 Å². The first kappa shape index (κ1) is 30.4. The van der Waals surface area contributed by atoms with Gasteiger partial charge in [-0.15, -0.1) is 0 Å². The molecule has 0 N–H and O–H groups in total. The van der Waals surface area contributed by atoms with Crippen molar-refractivity contribution in [1.29, 1.82) is 0 Å². The van der Waals surface area contributed by atoms with Crippen molar-refractivity contribution in [3.8, 4) is 0 Å². The van der Waals surface area contributed by atoms with Crippen molar-refractivity contribution >= 4 is 0 Å². The van der Waals surface area contributed by atoms with E-state index in [1.54, 1.807) is 0 Å². The van der Waals surface area contributed by atoms with Crippen LogP contribution in [0.3, 0.4) is 0 Å². The van der Waals surface area contributed by atoms with E-state index in [-0.39, 0.29) is 0 Å². The van der Waals surface area contributed by atoms with Gasteiger partial charge in [0, 0.05) is 25.5 Å². The van der Waals surface area contributed by atoms with Crippen LogP contribution >= 0.6 is 0 Å². The van der Waals surface area contributed by atoms with Crippen LogP contribution in [0.5, 0.6) is 0 Å². The fourth-order valence-electron chi connectivity index (χ4n) is 5.30. The third kappa shape index (κ3) is 16.6. The molecule has 0 fully saturated rings. The molecule has 1 aliphatic rings. The van der Waals surface area contributed by atoms with Crippen LogP contribution in [0, 0.1) is 0 Å². The Labute approximate surface area is 210 Å². The summed E-state index contributed by atoms with van der Waals surface area (Å²) in [7, 11) is 0. The quantitative estimate of drug-likeness (QED) is 0.124. The predicted octanol–water partition coefficient (Wildman–Crippen LogP) is 10.4. The van der Waals surface area contributed by atoms with Crippen LogP contribution in [0.15, 0.2) is 12.4 Å². The smallest absolute Gasteiger partial charge is 0.101 e. The van der Waals surface area contributed by atoms with E-state index < -0.39 is 0 Å². The van der Waals surface area contributed by atoms with Gasteiger partial charge < -0.3 is 9.80 Å². The van der Waals surface area contributed by atoms with Crippen LogP contribution in [0.4, 0.5) is 0 Å². The first-order valence-electron chi connectivity index (χ1n) is 15.5. The van der Waals surface area contributed by atoms with Gasteiger partial charge in [0.25, 0.3) is 0 Å². The average Bonchev–Trinajstić information content (AvgIpc) is 3.21. The Morgan fingerprint density at radius 1 is 0.394 bits per heavy atom. The summed E-state index contributed by atoms with van der Waals surface area (Å²) in [5, 5.41) is 0. The van der Waals surface area contributed by atoms with Gasteiger partial charge in [-0.25, -0.2) is 0 Å². The zero-order valence-electron chi connectivity index (χ0n) is 23.3. The molecule has 0 aliphatic carbocycles. The average molecular weight is 463 g/mol. The fourth-order valence-corrected chi connectivity index (χ4v) is 5.30. The van der Waals surface area contributed by atoms with E-state index in [1.807, 2.05) is 0 Å². The summed E-state index contributed by atoms with van der Waals surface area (Å²) < 4.78 is 0. The van der Waals surface area contributed by atoms with Gasteiger partial charge in [-0.3, -0.25) is 0 Å². The third-order valence-electron chi connectivity index (χ3n) is 7.57. The topological polar surface area (TPSA) is 6.48 Å². The molecule has 1 atom stereocenters. The van der Waals surface area contributed by atoms with Gasteiger partial charge >= 0.3 is 0 Å².